The van der Waals surface area contributed by atoms with Crippen molar-refractivity contribution in [1.82, 2.24) is 15.0 Å². The molecule has 3 rings (SSSR count). The first kappa shape index (κ1) is 15.9. The normalized spacial score (nSPS) is 11.4. The van der Waals surface area contributed by atoms with Gasteiger partial charge in [-0.25, -0.2) is 4.98 Å². The average molecular weight is 327 g/mol. The Balaban J connectivity index is 2.12. The van der Waals surface area contributed by atoms with E-state index >= 15 is 0 Å². The van der Waals surface area contributed by atoms with Crippen LogP contribution >= 0.6 is 11.3 Å². The smallest absolute Gasteiger partial charge is 0.233 e. The summed E-state index contributed by atoms with van der Waals surface area (Å²) in [7, 11) is 0. The lowest BCUT2D eigenvalue weighted by Crippen LogP contribution is -1.99. The number of fused-ring (bicyclic) bond motifs is 1. The lowest BCUT2D eigenvalue weighted by atomic mass is 9.91. The first-order valence-electron chi connectivity index (χ1n) is 8.14. The van der Waals surface area contributed by atoms with Crippen LogP contribution in [-0.2, 0) is 0 Å². The van der Waals surface area contributed by atoms with Gasteiger partial charge >= 0.3 is 0 Å². The van der Waals surface area contributed by atoms with Gasteiger partial charge in [0.2, 0.25) is 5.88 Å². The van der Waals surface area contributed by atoms with E-state index in [0.717, 1.165) is 35.9 Å². The first-order chi connectivity index (χ1) is 11.2. The van der Waals surface area contributed by atoms with E-state index in [-0.39, 0.29) is 5.88 Å². The van der Waals surface area contributed by atoms with Gasteiger partial charge in [0, 0.05) is 6.20 Å². The number of aromatic nitrogens is 3. The van der Waals surface area contributed by atoms with Crippen molar-refractivity contribution in [3.8, 4) is 17.4 Å². The van der Waals surface area contributed by atoms with Gasteiger partial charge in [0.25, 0.3) is 0 Å². The van der Waals surface area contributed by atoms with Crippen molar-refractivity contribution >= 4 is 21.6 Å². The molecule has 3 heterocycles. The molecule has 0 radical (unpaired) electrons. The summed E-state index contributed by atoms with van der Waals surface area (Å²) in [5.41, 5.74) is 2.81. The molecule has 3 aromatic rings. The van der Waals surface area contributed by atoms with Crippen LogP contribution in [0.1, 0.15) is 51.0 Å². The lowest BCUT2D eigenvalue weighted by molar-refractivity contribution is 0.461. The number of nitrogens with zero attached hydrogens (tertiary/aromatic N) is 3. The van der Waals surface area contributed by atoms with Gasteiger partial charge in [-0.05, 0) is 41.8 Å². The monoisotopic (exact) mass is 327 g/mol. The highest BCUT2D eigenvalue weighted by molar-refractivity contribution is 7.17. The molecule has 120 valence electrons. The molecule has 0 atom stereocenters. The zero-order chi connectivity index (χ0) is 16.2. The third-order valence-electron chi connectivity index (χ3n) is 4.03. The number of hydrogen-bond donors (Lipinski definition) is 1. The van der Waals surface area contributed by atoms with Gasteiger partial charge in [0.05, 0.1) is 5.52 Å². The van der Waals surface area contributed by atoms with Gasteiger partial charge in [-0.3, -0.25) is 4.98 Å². The minimum Gasteiger partial charge on any atom is -0.492 e. The quantitative estimate of drug-likeness (QED) is 0.681. The van der Waals surface area contributed by atoms with E-state index in [9.17, 15) is 5.11 Å². The number of thiophene rings is 1. The van der Waals surface area contributed by atoms with Crippen molar-refractivity contribution < 1.29 is 5.11 Å². The van der Waals surface area contributed by atoms with E-state index in [1.165, 1.54) is 16.9 Å². The number of pyridine rings is 1. The molecule has 0 bridgehead atoms. The Morgan fingerprint density at radius 3 is 2.57 bits per heavy atom. The molecule has 5 heteroatoms. The molecule has 0 saturated carbocycles. The third-order valence-corrected chi connectivity index (χ3v) is 5.02. The maximum absolute atomic E-state index is 10.3. The van der Waals surface area contributed by atoms with E-state index in [1.807, 2.05) is 18.2 Å². The summed E-state index contributed by atoms with van der Waals surface area (Å²) in [5, 5.41) is 12.4. The molecular formula is C18H21N3OS. The van der Waals surface area contributed by atoms with E-state index in [1.54, 1.807) is 6.20 Å². The van der Waals surface area contributed by atoms with Crippen molar-refractivity contribution in [1.29, 1.82) is 0 Å². The topological polar surface area (TPSA) is 58.9 Å². The van der Waals surface area contributed by atoms with Gasteiger partial charge in [-0.15, -0.1) is 11.3 Å². The minimum absolute atomic E-state index is 0.0543. The molecule has 0 aliphatic heterocycles. The maximum Gasteiger partial charge on any atom is 0.233 e. The van der Waals surface area contributed by atoms with E-state index in [4.69, 9.17) is 4.98 Å². The summed E-state index contributed by atoms with van der Waals surface area (Å²) in [6, 6.07) is 5.62. The Bertz CT molecular complexity index is 780. The summed E-state index contributed by atoms with van der Waals surface area (Å²) in [6.45, 7) is 4.42. The molecule has 3 aromatic heterocycles. The number of hydrogen-bond acceptors (Lipinski definition) is 5. The van der Waals surface area contributed by atoms with Crippen molar-refractivity contribution in [2.75, 3.05) is 0 Å². The van der Waals surface area contributed by atoms with E-state index < -0.39 is 0 Å². The molecular weight excluding hydrogens is 306 g/mol. The summed E-state index contributed by atoms with van der Waals surface area (Å²) in [5.74, 6) is 1.03. The second kappa shape index (κ2) is 7.04. The highest BCUT2D eigenvalue weighted by Crippen LogP contribution is 2.38. The molecule has 1 N–H and O–H groups in total. The summed E-state index contributed by atoms with van der Waals surface area (Å²) in [4.78, 5) is 13.3. The van der Waals surface area contributed by atoms with Gasteiger partial charge in [0.1, 0.15) is 10.4 Å². The molecule has 0 saturated heterocycles. The zero-order valence-corrected chi connectivity index (χ0v) is 14.3. The lowest BCUT2D eigenvalue weighted by Gasteiger charge is -2.14. The zero-order valence-electron chi connectivity index (χ0n) is 13.5. The number of aromatic hydroxyl groups is 1. The SMILES string of the molecule is CCCC(CCC)c1csc2c(O)nc(-c3ccccn3)nc12. The predicted octanol–water partition coefficient (Wildman–Crippen LogP) is 5.14. The van der Waals surface area contributed by atoms with Crippen LogP contribution in [0, 0.1) is 0 Å². The predicted molar refractivity (Wildman–Crippen MR) is 94.9 cm³/mol. The van der Waals surface area contributed by atoms with Crippen LogP contribution in [0.25, 0.3) is 21.7 Å². The van der Waals surface area contributed by atoms with Crippen LogP contribution < -0.4 is 0 Å². The maximum atomic E-state index is 10.3. The van der Waals surface area contributed by atoms with Crippen LogP contribution in [0.15, 0.2) is 29.8 Å². The van der Waals surface area contributed by atoms with Crippen molar-refractivity contribution in [2.45, 2.75) is 45.4 Å². The molecule has 4 nitrogen and oxygen atoms in total. The van der Waals surface area contributed by atoms with Crippen LogP contribution in [0.2, 0.25) is 0 Å². The van der Waals surface area contributed by atoms with Gasteiger partial charge < -0.3 is 5.11 Å². The largest absolute Gasteiger partial charge is 0.492 e. The molecule has 0 unspecified atom stereocenters. The fourth-order valence-electron chi connectivity index (χ4n) is 2.97. The molecule has 0 fully saturated rings. The molecule has 0 spiro atoms. The fraction of sp³-hybridized carbons (Fsp3) is 0.389. The van der Waals surface area contributed by atoms with E-state index in [2.05, 4.69) is 29.2 Å². The van der Waals surface area contributed by atoms with E-state index in [0.29, 0.717) is 17.4 Å². The highest BCUT2D eigenvalue weighted by Gasteiger charge is 2.19. The van der Waals surface area contributed by atoms with Crippen molar-refractivity contribution in [3.05, 3.63) is 35.3 Å². The summed E-state index contributed by atoms with van der Waals surface area (Å²) >= 11 is 1.53. The highest BCUT2D eigenvalue weighted by atomic mass is 32.1. The van der Waals surface area contributed by atoms with Crippen LogP contribution in [0.5, 0.6) is 5.88 Å². The molecule has 0 aliphatic rings. The van der Waals surface area contributed by atoms with Crippen LogP contribution in [0.3, 0.4) is 0 Å². The fourth-order valence-corrected chi connectivity index (χ4v) is 3.95. The van der Waals surface area contributed by atoms with Crippen LogP contribution in [0.4, 0.5) is 0 Å². The molecule has 0 aromatic carbocycles. The third kappa shape index (κ3) is 3.20. The second-order valence-electron chi connectivity index (χ2n) is 5.73. The van der Waals surface area contributed by atoms with Gasteiger partial charge in [-0.1, -0.05) is 32.8 Å². The standard InChI is InChI=1S/C18H21N3OS/c1-3-7-12(8-4-2)13-11-23-16-15(13)20-17(21-18(16)22)14-9-5-6-10-19-14/h5-6,9-12H,3-4,7-8H2,1-2H3,(H,20,21,22). The Labute approximate surface area is 140 Å². The average Bonchev–Trinajstić information content (AvgIpc) is 3.00. The Morgan fingerprint density at radius 2 is 1.91 bits per heavy atom. The van der Waals surface area contributed by atoms with Gasteiger partial charge in [-0.2, -0.15) is 4.98 Å². The first-order valence-corrected chi connectivity index (χ1v) is 9.02. The molecule has 0 amide bonds. The molecule has 0 aliphatic carbocycles. The minimum atomic E-state index is 0.0543. The van der Waals surface area contributed by atoms with Gasteiger partial charge in [0.15, 0.2) is 5.82 Å². The summed E-state index contributed by atoms with van der Waals surface area (Å²) < 4.78 is 0.775. The van der Waals surface area contributed by atoms with Crippen molar-refractivity contribution in [3.63, 3.8) is 0 Å². The van der Waals surface area contributed by atoms with Crippen LogP contribution in [-0.4, -0.2) is 20.1 Å². The second-order valence-corrected chi connectivity index (χ2v) is 6.61. The molecule has 23 heavy (non-hydrogen) atoms. The van der Waals surface area contributed by atoms with Crippen molar-refractivity contribution in [2.24, 2.45) is 0 Å². The Morgan fingerprint density at radius 1 is 1.13 bits per heavy atom. The number of rotatable bonds is 6. The summed E-state index contributed by atoms with van der Waals surface area (Å²) in [6.07, 6.45) is 6.29. The Hall–Kier alpha value is -2.01. The Kier molecular flexibility index (Phi) is 4.86.